The van der Waals surface area contributed by atoms with Crippen LogP contribution in [0.4, 0.5) is 5.82 Å². The van der Waals surface area contributed by atoms with Gasteiger partial charge in [-0.3, -0.25) is 14.3 Å². The van der Waals surface area contributed by atoms with Gasteiger partial charge in [0.25, 0.3) is 11.5 Å². The molecule has 4 rings (SSSR count). The molecule has 134 valence electrons. The Morgan fingerprint density at radius 3 is 2.56 bits per heavy atom. The van der Waals surface area contributed by atoms with Gasteiger partial charge >= 0.3 is 5.69 Å². The van der Waals surface area contributed by atoms with Crippen molar-refractivity contribution in [1.82, 2.24) is 19.3 Å². The highest BCUT2D eigenvalue weighted by molar-refractivity contribution is 6.05. The third kappa shape index (κ3) is 3.04. The second-order valence-corrected chi connectivity index (χ2v) is 6.00. The average Bonchev–Trinajstić information content (AvgIpc) is 3.07. The van der Waals surface area contributed by atoms with Crippen molar-refractivity contribution in [1.29, 1.82) is 0 Å². The van der Waals surface area contributed by atoms with Gasteiger partial charge in [-0.15, -0.1) is 0 Å². The van der Waals surface area contributed by atoms with E-state index in [-0.39, 0.29) is 5.91 Å². The number of H-pyrrole nitrogens is 1. The van der Waals surface area contributed by atoms with Gasteiger partial charge in [0.1, 0.15) is 0 Å². The zero-order chi connectivity index (χ0) is 19.0. The molecule has 0 fully saturated rings. The average molecular weight is 361 g/mol. The van der Waals surface area contributed by atoms with Crippen LogP contribution in [-0.2, 0) is 7.05 Å². The summed E-state index contributed by atoms with van der Waals surface area (Å²) >= 11 is 0. The lowest BCUT2D eigenvalue weighted by Crippen LogP contribution is -2.33. The Hall–Kier alpha value is -3.94. The number of hydrogen-bond acceptors (Lipinski definition) is 4. The molecular weight excluding hydrogens is 346 g/mol. The second-order valence-electron chi connectivity index (χ2n) is 6.00. The van der Waals surface area contributed by atoms with Crippen LogP contribution in [-0.4, -0.2) is 25.2 Å². The minimum Gasteiger partial charge on any atom is -0.306 e. The van der Waals surface area contributed by atoms with E-state index >= 15 is 0 Å². The van der Waals surface area contributed by atoms with Crippen molar-refractivity contribution in [3.05, 3.63) is 87.2 Å². The predicted octanol–water partition coefficient (Wildman–Crippen LogP) is 1.66. The summed E-state index contributed by atoms with van der Waals surface area (Å²) in [5, 5.41) is 7.06. The third-order valence-electron chi connectivity index (χ3n) is 4.13. The van der Waals surface area contributed by atoms with E-state index in [2.05, 4.69) is 15.4 Å². The fourth-order valence-corrected chi connectivity index (χ4v) is 2.84. The van der Waals surface area contributed by atoms with E-state index in [9.17, 15) is 14.4 Å². The molecule has 8 nitrogen and oxygen atoms in total. The summed E-state index contributed by atoms with van der Waals surface area (Å²) in [5.74, 6) is 0.0271. The van der Waals surface area contributed by atoms with Gasteiger partial charge in [-0.1, -0.05) is 18.2 Å². The molecule has 0 unspecified atom stereocenters. The van der Waals surface area contributed by atoms with Crippen molar-refractivity contribution >= 4 is 22.6 Å². The minimum atomic E-state index is -0.569. The minimum absolute atomic E-state index is 0.297. The molecule has 2 heterocycles. The maximum absolute atomic E-state index is 12.8. The van der Waals surface area contributed by atoms with Gasteiger partial charge in [-0.25, -0.2) is 9.36 Å². The lowest BCUT2D eigenvalue weighted by atomic mass is 10.1. The van der Waals surface area contributed by atoms with E-state index in [0.717, 1.165) is 4.57 Å². The van der Waals surface area contributed by atoms with Gasteiger partial charge in [-0.05, 0) is 30.3 Å². The number of amides is 1. The molecule has 4 aromatic rings. The molecule has 0 atom stereocenters. The molecule has 0 bridgehead atoms. The molecule has 1 amide bonds. The van der Waals surface area contributed by atoms with E-state index in [1.807, 2.05) is 0 Å². The normalized spacial score (nSPS) is 10.9. The summed E-state index contributed by atoms with van der Waals surface area (Å²) in [6.07, 6.45) is 1.71. The van der Waals surface area contributed by atoms with Crippen molar-refractivity contribution < 1.29 is 4.79 Å². The number of aryl methyl sites for hydroxylation is 1. The van der Waals surface area contributed by atoms with Gasteiger partial charge in [0.15, 0.2) is 5.82 Å². The lowest BCUT2D eigenvalue weighted by Gasteiger charge is -2.07. The highest BCUT2D eigenvalue weighted by Crippen LogP contribution is 2.12. The molecule has 2 aromatic carbocycles. The highest BCUT2D eigenvalue weighted by atomic mass is 16.2. The quantitative estimate of drug-likeness (QED) is 0.579. The second kappa shape index (κ2) is 6.41. The van der Waals surface area contributed by atoms with E-state index < -0.39 is 11.2 Å². The fraction of sp³-hybridized carbons (Fsp3) is 0.0526. The number of aromatic nitrogens is 4. The zero-order valence-corrected chi connectivity index (χ0v) is 14.3. The molecule has 2 aromatic heterocycles. The van der Waals surface area contributed by atoms with Crippen molar-refractivity contribution in [3.8, 4) is 5.69 Å². The van der Waals surface area contributed by atoms with E-state index in [4.69, 9.17) is 0 Å². The zero-order valence-electron chi connectivity index (χ0n) is 14.3. The summed E-state index contributed by atoms with van der Waals surface area (Å²) in [4.78, 5) is 40.2. The number of aromatic amines is 1. The van der Waals surface area contributed by atoms with Gasteiger partial charge in [0.2, 0.25) is 0 Å². The Morgan fingerprint density at radius 2 is 1.85 bits per heavy atom. The number of rotatable bonds is 3. The first-order valence-corrected chi connectivity index (χ1v) is 8.18. The maximum Gasteiger partial charge on any atom is 0.333 e. The van der Waals surface area contributed by atoms with E-state index in [0.29, 0.717) is 28.0 Å². The van der Waals surface area contributed by atoms with Crippen molar-refractivity contribution in [2.45, 2.75) is 0 Å². The Balaban J connectivity index is 1.77. The Kier molecular flexibility index (Phi) is 3.92. The lowest BCUT2D eigenvalue weighted by molar-refractivity contribution is 0.102. The molecule has 2 N–H and O–H groups in total. The number of para-hydroxylation sites is 1. The molecule has 0 saturated carbocycles. The van der Waals surface area contributed by atoms with E-state index in [1.165, 1.54) is 18.2 Å². The number of fused-ring (bicyclic) bond motifs is 1. The number of hydrogen-bond donors (Lipinski definition) is 2. The van der Waals surface area contributed by atoms with Crippen LogP contribution in [0.2, 0.25) is 0 Å². The number of nitrogens with zero attached hydrogens (tertiary/aromatic N) is 3. The van der Waals surface area contributed by atoms with Crippen LogP contribution in [0.15, 0.2) is 70.4 Å². The monoisotopic (exact) mass is 361 g/mol. The Morgan fingerprint density at radius 1 is 1.07 bits per heavy atom. The molecule has 0 saturated heterocycles. The van der Waals surface area contributed by atoms with Crippen LogP contribution in [0.3, 0.4) is 0 Å². The van der Waals surface area contributed by atoms with Crippen LogP contribution in [0.1, 0.15) is 10.4 Å². The summed E-state index contributed by atoms with van der Waals surface area (Å²) in [7, 11) is 1.74. The first-order valence-electron chi connectivity index (χ1n) is 8.18. The first kappa shape index (κ1) is 16.5. The highest BCUT2D eigenvalue weighted by Gasteiger charge is 2.13. The number of anilines is 1. The van der Waals surface area contributed by atoms with Gasteiger partial charge in [0, 0.05) is 24.9 Å². The van der Waals surface area contributed by atoms with Crippen LogP contribution in [0.25, 0.3) is 16.6 Å². The van der Waals surface area contributed by atoms with Crippen LogP contribution < -0.4 is 16.6 Å². The smallest absolute Gasteiger partial charge is 0.306 e. The molecule has 27 heavy (non-hydrogen) atoms. The summed E-state index contributed by atoms with van der Waals surface area (Å²) in [5.41, 5.74) is 0.0618. The van der Waals surface area contributed by atoms with Crippen LogP contribution in [0.5, 0.6) is 0 Å². The summed E-state index contributed by atoms with van der Waals surface area (Å²) in [6, 6.07) is 14.9. The van der Waals surface area contributed by atoms with Gasteiger partial charge < -0.3 is 10.3 Å². The molecule has 0 aliphatic heterocycles. The molecule has 0 spiro atoms. The summed E-state index contributed by atoms with van der Waals surface area (Å²) in [6.45, 7) is 0. The largest absolute Gasteiger partial charge is 0.333 e. The first-order chi connectivity index (χ1) is 13.0. The van der Waals surface area contributed by atoms with Crippen molar-refractivity contribution in [3.63, 3.8) is 0 Å². The topological polar surface area (TPSA) is 102 Å². The molecule has 0 aliphatic carbocycles. The molecular formula is C19H15N5O3. The number of nitrogens with one attached hydrogen (secondary N) is 2. The Labute approximate surface area is 152 Å². The standard InChI is InChI=1S/C19H15N5O3/c1-23-10-9-16(22-23)21-17(25)12-7-8-14-15(11-12)20-19(27)24(18(14)26)13-5-3-2-4-6-13/h2-11H,1H3,(H,20,27)(H,21,22,25). The number of benzene rings is 2. The number of carbonyl (C=O) groups is 1. The molecule has 0 radical (unpaired) electrons. The van der Waals surface area contributed by atoms with Crippen molar-refractivity contribution in [2.24, 2.45) is 7.05 Å². The molecule has 8 heteroatoms. The Bertz CT molecular complexity index is 1270. The molecule has 0 aliphatic rings. The van der Waals surface area contributed by atoms with Crippen molar-refractivity contribution in [2.75, 3.05) is 5.32 Å². The van der Waals surface area contributed by atoms with Crippen LogP contribution >= 0.6 is 0 Å². The van der Waals surface area contributed by atoms with Gasteiger partial charge in [-0.2, -0.15) is 5.10 Å². The van der Waals surface area contributed by atoms with Crippen LogP contribution in [0, 0.1) is 0 Å². The summed E-state index contributed by atoms with van der Waals surface area (Å²) < 4.78 is 2.63. The van der Waals surface area contributed by atoms with E-state index in [1.54, 1.807) is 54.3 Å². The number of carbonyl (C=O) groups excluding carboxylic acids is 1. The fourth-order valence-electron chi connectivity index (χ4n) is 2.84. The van der Waals surface area contributed by atoms with Gasteiger partial charge in [0.05, 0.1) is 16.6 Å². The third-order valence-corrected chi connectivity index (χ3v) is 4.13. The predicted molar refractivity (Wildman–Crippen MR) is 101 cm³/mol. The maximum atomic E-state index is 12.8. The SMILES string of the molecule is Cn1ccc(NC(=O)c2ccc3c(=O)n(-c4ccccc4)c(=O)[nH]c3c2)n1.